The highest BCUT2D eigenvalue weighted by atomic mass is 32.2. The standard InChI is InChI=1S/C19H20N8O5S3/c1-32-26-12(9-3-2-4-10(21)22-9)15(28)23-13-16(29)27-14(18(30)31)8(6-33-17(13)27)7-34-19-25-24-11(5-20)35-19/h2-4,13,17H,5-7,20H2,1H3,(H2,21,22)(H,23,28)(H,30,31)/b26-12+. The number of anilines is 1. The Kier molecular flexibility index (Phi) is 7.54. The summed E-state index contributed by atoms with van der Waals surface area (Å²) >= 11 is 4.03. The first kappa shape index (κ1) is 24.9. The van der Waals surface area contributed by atoms with Gasteiger partial charge >= 0.3 is 5.97 Å². The highest BCUT2D eigenvalue weighted by molar-refractivity contribution is 8.01. The van der Waals surface area contributed by atoms with Gasteiger partial charge in [0.25, 0.3) is 11.8 Å². The summed E-state index contributed by atoms with van der Waals surface area (Å²) in [6.07, 6.45) is 0. The molecule has 4 rings (SSSR count). The minimum Gasteiger partial charge on any atom is -0.477 e. The van der Waals surface area contributed by atoms with Crippen LogP contribution in [0.25, 0.3) is 0 Å². The molecule has 2 amide bonds. The first-order valence-corrected chi connectivity index (χ1v) is 12.9. The van der Waals surface area contributed by atoms with Crippen LogP contribution in [0.3, 0.4) is 0 Å². The lowest BCUT2D eigenvalue weighted by atomic mass is 10.0. The summed E-state index contributed by atoms with van der Waals surface area (Å²) in [6, 6.07) is 3.75. The molecule has 2 aliphatic heterocycles. The Morgan fingerprint density at radius 1 is 1.40 bits per heavy atom. The van der Waals surface area contributed by atoms with Crippen molar-refractivity contribution in [3.8, 4) is 0 Å². The molecule has 0 bridgehead atoms. The van der Waals surface area contributed by atoms with Crippen molar-refractivity contribution >= 4 is 64.2 Å². The summed E-state index contributed by atoms with van der Waals surface area (Å²) in [7, 11) is 1.27. The number of carboxylic acid groups (broad SMARTS) is 1. The third kappa shape index (κ3) is 5.09. The molecule has 0 aromatic carbocycles. The number of nitrogen functional groups attached to an aromatic ring is 1. The van der Waals surface area contributed by atoms with Crippen molar-refractivity contribution in [3.05, 3.63) is 40.2 Å². The van der Waals surface area contributed by atoms with E-state index in [9.17, 15) is 19.5 Å². The normalized spacial score (nSPS) is 19.8. The summed E-state index contributed by atoms with van der Waals surface area (Å²) in [5.41, 5.74) is 11.8. The maximum Gasteiger partial charge on any atom is 0.352 e. The Morgan fingerprint density at radius 3 is 2.86 bits per heavy atom. The van der Waals surface area contributed by atoms with Gasteiger partial charge in [-0.05, 0) is 17.7 Å². The van der Waals surface area contributed by atoms with E-state index < -0.39 is 29.2 Å². The predicted octanol–water partition coefficient (Wildman–Crippen LogP) is -0.145. The number of aromatic nitrogens is 3. The molecule has 1 fully saturated rings. The van der Waals surface area contributed by atoms with Gasteiger partial charge in [0.05, 0.1) is 0 Å². The van der Waals surface area contributed by atoms with Gasteiger partial charge in [0.1, 0.15) is 40.7 Å². The van der Waals surface area contributed by atoms with E-state index >= 15 is 0 Å². The van der Waals surface area contributed by atoms with Crippen LogP contribution in [0.15, 0.2) is 39.0 Å². The molecule has 6 N–H and O–H groups in total. The third-order valence-electron chi connectivity index (χ3n) is 4.94. The summed E-state index contributed by atoms with van der Waals surface area (Å²) in [5, 5.41) is 24.2. The predicted molar refractivity (Wildman–Crippen MR) is 130 cm³/mol. The molecule has 184 valence electrons. The number of carboxylic acids is 1. The molecule has 2 aromatic heterocycles. The second-order valence-corrected chi connectivity index (χ2v) is 10.5. The van der Waals surface area contributed by atoms with Gasteiger partial charge in [-0.3, -0.25) is 14.5 Å². The van der Waals surface area contributed by atoms with E-state index in [1.165, 1.54) is 52.9 Å². The summed E-state index contributed by atoms with van der Waals surface area (Å²) in [4.78, 5) is 47.9. The Balaban J connectivity index is 1.48. The van der Waals surface area contributed by atoms with Crippen molar-refractivity contribution < 1.29 is 24.3 Å². The van der Waals surface area contributed by atoms with Crippen LogP contribution in [0.4, 0.5) is 5.82 Å². The van der Waals surface area contributed by atoms with E-state index in [2.05, 4.69) is 25.7 Å². The average Bonchev–Trinajstić information content (AvgIpc) is 3.31. The molecule has 0 radical (unpaired) electrons. The van der Waals surface area contributed by atoms with Gasteiger partial charge in [-0.2, -0.15) is 0 Å². The molecule has 35 heavy (non-hydrogen) atoms. The van der Waals surface area contributed by atoms with Crippen LogP contribution in [0, 0.1) is 0 Å². The number of nitrogens with one attached hydrogen (secondary N) is 1. The van der Waals surface area contributed by atoms with Crippen molar-refractivity contribution in [3.63, 3.8) is 0 Å². The first-order valence-electron chi connectivity index (χ1n) is 10.0. The molecule has 2 aromatic rings. The van der Waals surface area contributed by atoms with Crippen molar-refractivity contribution in [1.82, 2.24) is 25.4 Å². The number of carbonyl (C=O) groups is 3. The smallest absolute Gasteiger partial charge is 0.352 e. The van der Waals surface area contributed by atoms with E-state index in [0.29, 0.717) is 26.4 Å². The van der Waals surface area contributed by atoms with Gasteiger partial charge in [-0.25, -0.2) is 9.78 Å². The van der Waals surface area contributed by atoms with Crippen LogP contribution < -0.4 is 16.8 Å². The summed E-state index contributed by atoms with van der Waals surface area (Å²) < 4.78 is 0.662. The number of β-lactam (4-membered cyclic amide) rings is 1. The fourth-order valence-corrected chi connectivity index (χ4v) is 6.67. The third-order valence-corrected chi connectivity index (χ3v) is 8.44. The quantitative estimate of drug-likeness (QED) is 0.143. The Morgan fingerprint density at radius 2 is 2.20 bits per heavy atom. The molecule has 13 nitrogen and oxygen atoms in total. The van der Waals surface area contributed by atoms with Crippen LogP contribution in [0.2, 0.25) is 0 Å². The van der Waals surface area contributed by atoms with Crippen LogP contribution >= 0.6 is 34.9 Å². The van der Waals surface area contributed by atoms with Gasteiger partial charge in [0.2, 0.25) is 0 Å². The molecular weight excluding hydrogens is 516 g/mol. The van der Waals surface area contributed by atoms with Crippen LogP contribution in [-0.2, 0) is 25.8 Å². The molecule has 16 heteroatoms. The van der Waals surface area contributed by atoms with Gasteiger partial charge in [-0.15, -0.1) is 22.0 Å². The second kappa shape index (κ2) is 10.6. The van der Waals surface area contributed by atoms with Crippen molar-refractivity contribution in [2.24, 2.45) is 10.9 Å². The molecule has 0 aliphatic carbocycles. The number of nitrogens with zero attached hydrogens (tertiary/aromatic N) is 5. The molecule has 2 atom stereocenters. The number of aliphatic carboxylic acids is 1. The first-order chi connectivity index (χ1) is 16.8. The molecule has 0 saturated carbocycles. The minimum absolute atomic E-state index is 0.0800. The minimum atomic E-state index is -1.21. The second-order valence-electron chi connectivity index (χ2n) is 7.14. The molecule has 2 unspecified atom stereocenters. The van der Waals surface area contributed by atoms with Gasteiger partial charge in [0, 0.05) is 18.1 Å². The zero-order valence-corrected chi connectivity index (χ0v) is 20.7. The van der Waals surface area contributed by atoms with Crippen molar-refractivity contribution in [1.29, 1.82) is 0 Å². The Hall–Kier alpha value is -3.21. The van der Waals surface area contributed by atoms with Gasteiger partial charge < -0.3 is 26.7 Å². The van der Waals surface area contributed by atoms with E-state index in [0.717, 1.165) is 0 Å². The monoisotopic (exact) mass is 536 g/mol. The van der Waals surface area contributed by atoms with Crippen LogP contribution in [0.5, 0.6) is 0 Å². The topological polar surface area (TPSA) is 199 Å². The highest BCUT2D eigenvalue weighted by Crippen LogP contribution is 2.41. The van der Waals surface area contributed by atoms with E-state index in [4.69, 9.17) is 16.3 Å². The van der Waals surface area contributed by atoms with Crippen LogP contribution in [0.1, 0.15) is 10.7 Å². The fourth-order valence-electron chi connectivity index (χ4n) is 3.41. The number of hydrogen-bond donors (Lipinski definition) is 4. The number of oxime groups is 1. The van der Waals surface area contributed by atoms with Gasteiger partial charge in [0.15, 0.2) is 10.1 Å². The fraction of sp³-hybridized carbons (Fsp3) is 0.316. The number of amides is 2. The Bertz CT molecular complexity index is 1230. The number of hydrogen-bond acceptors (Lipinski definition) is 13. The summed E-state index contributed by atoms with van der Waals surface area (Å²) in [6.45, 7) is 0.277. The SMILES string of the molecule is CO/N=C(/C(=O)NC1C(=O)N2C(C(=O)O)=C(CSc3nnc(CN)s3)CSC12)c1cccc(N)n1. The lowest BCUT2D eigenvalue weighted by Gasteiger charge is -2.49. The maximum absolute atomic E-state index is 12.9. The lowest BCUT2D eigenvalue weighted by molar-refractivity contribution is -0.150. The van der Waals surface area contributed by atoms with E-state index in [1.807, 2.05) is 0 Å². The number of thioether (sulfide) groups is 2. The van der Waals surface area contributed by atoms with Crippen LogP contribution in [-0.4, -0.2) is 78.7 Å². The number of nitrogens with two attached hydrogens (primary N) is 2. The Labute approximate surface area is 211 Å². The summed E-state index contributed by atoms with van der Waals surface area (Å²) in [5.74, 6) is -1.57. The molecule has 0 spiro atoms. The molecule has 1 saturated heterocycles. The number of carbonyl (C=O) groups excluding carboxylic acids is 2. The molecule has 4 heterocycles. The maximum atomic E-state index is 12.9. The zero-order valence-electron chi connectivity index (χ0n) is 18.2. The molecule has 2 aliphatic rings. The van der Waals surface area contributed by atoms with Crippen molar-refractivity contribution in [2.45, 2.75) is 22.3 Å². The van der Waals surface area contributed by atoms with E-state index in [-0.39, 0.29) is 29.5 Å². The number of fused-ring (bicyclic) bond motifs is 1. The molecular formula is C19H20N8O5S3. The largest absolute Gasteiger partial charge is 0.477 e. The van der Waals surface area contributed by atoms with Gasteiger partial charge in [-0.1, -0.05) is 34.3 Å². The van der Waals surface area contributed by atoms with Crippen molar-refractivity contribution in [2.75, 3.05) is 24.3 Å². The lowest BCUT2D eigenvalue weighted by Crippen LogP contribution is -2.71. The number of pyridine rings is 1. The number of rotatable bonds is 9. The average molecular weight is 537 g/mol. The highest BCUT2D eigenvalue weighted by Gasteiger charge is 2.54. The zero-order chi connectivity index (χ0) is 25.1. The van der Waals surface area contributed by atoms with E-state index in [1.54, 1.807) is 12.1 Å².